The number of allylic oxidation sites excluding steroid dienone is 4. The van der Waals surface area contributed by atoms with Crippen LogP contribution in [-0.2, 0) is 5.41 Å². The van der Waals surface area contributed by atoms with Gasteiger partial charge in [0.1, 0.15) is 11.5 Å². The quantitative estimate of drug-likeness (QED) is 0.601. The summed E-state index contributed by atoms with van der Waals surface area (Å²) in [5.74, 6) is 0.261. The van der Waals surface area contributed by atoms with Gasteiger partial charge in [-0.2, -0.15) is 0 Å². The van der Waals surface area contributed by atoms with Crippen molar-refractivity contribution in [3.8, 4) is 0 Å². The van der Waals surface area contributed by atoms with Crippen LogP contribution in [0.1, 0.15) is 31.9 Å². The molecule has 4 heteroatoms. The molecule has 0 unspecified atom stereocenters. The number of rotatable bonds is 3. The molecule has 0 atom stereocenters. The summed E-state index contributed by atoms with van der Waals surface area (Å²) < 4.78 is 0. The first-order chi connectivity index (χ1) is 15.3. The lowest BCUT2D eigenvalue weighted by atomic mass is 9.81. The Morgan fingerprint density at radius 2 is 1.47 bits per heavy atom. The van der Waals surface area contributed by atoms with Crippen LogP contribution in [0, 0.1) is 0 Å². The van der Waals surface area contributed by atoms with Crippen molar-refractivity contribution in [2.24, 2.45) is 0 Å². The second-order valence-electron chi connectivity index (χ2n) is 8.96. The van der Waals surface area contributed by atoms with E-state index in [1.54, 1.807) is 0 Å². The summed E-state index contributed by atoms with van der Waals surface area (Å²) in [5.41, 5.74) is 7.41. The fourth-order valence-corrected chi connectivity index (χ4v) is 5.03. The van der Waals surface area contributed by atoms with E-state index in [9.17, 15) is 10.2 Å². The molecule has 1 aliphatic carbocycles. The van der Waals surface area contributed by atoms with E-state index in [0.29, 0.717) is 11.1 Å². The minimum absolute atomic E-state index is 0.131. The first kappa shape index (κ1) is 20.3. The third-order valence-corrected chi connectivity index (χ3v) is 6.82. The van der Waals surface area contributed by atoms with Crippen molar-refractivity contribution in [2.45, 2.75) is 26.2 Å². The van der Waals surface area contributed by atoms with E-state index in [1.807, 2.05) is 43.5 Å². The molecule has 4 nitrogen and oxygen atoms in total. The standard InChI is InChI=1S/C28H28N2O2/c1-5-30-19(15-14-18-10-6-8-12-23(18)30)16-20-26(31)21(27(20)32)17-25-28(2,3)22-11-7-9-13-24(22)29(25)4/h6-17,31-32H,5H2,1-4H3. The Balaban J connectivity index is 1.48. The molecule has 3 aliphatic rings. The van der Waals surface area contributed by atoms with Gasteiger partial charge in [-0.15, -0.1) is 0 Å². The molecule has 0 fully saturated rings. The Morgan fingerprint density at radius 3 is 2.16 bits per heavy atom. The number of nitrogens with zero attached hydrogens (tertiary/aromatic N) is 2. The predicted octanol–water partition coefficient (Wildman–Crippen LogP) is 6.37. The maximum atomic E-state index is 10.9. The van der Waals surface area contributed by atoms with Crippen LogP contribution in [0.3, 0.4) is 0 Å². The van der Waals surface area contributed by atoms with Crippen LogP contribution in [0.5, 0.6) is 0 Å². The van der Waals surface area contributed by atoms with Gasteiger partial charge in [-0.25, -0.2) is 0 Å². The number of anilines is 2. The highest BCUT2D eigenvalue weighted by atomic mass is 16.3. The number of fused-ring (bicyclic) bond motifs is 2. The average Bonchev–Trinajstić information content (AvgIpc) is 3.00. The zero-order valence-electron chi connectivity index (χ0n) is 18.9. The number of para-hydroxylation sites is 2. The van der Waals surface area contributed by atoms with Crippen molar-refractivity contribution in [2.75, 3.05) is 23.4 Å². The number of aliphatic hydroxyl groups excluding tert-OH is 2. The smallest absolute Gasteiger partial charge is 0.137 e. The van der Waals surface area contributed by atoms with Crippen molar-refractivity contribution in [3.05, 3.63) is 112 Å². The monoisotopic (exact) mass is 424 g/mol. The van der Waals surface area contributed by atoms with E-state index in [2.05, 4.69) is 67.0 Å². The maximum absolute atomic E-state index is 10.9. The SMILES string of the molecule is CCN1C(=CC2=C(O)C(C=C3N(C)c4ccccc4C3(C)C)=C2O)C=Cc2ccccc21. The Bertz CT molecular complexity index is 1270. The maximum Gasteiger partial charge on any atom is 0.137 e. The molecule has 2 aromatic carbocycles. The van der Waals surface area contributed by atoms with E-state index in [0.717, 1.165) is 34.9 Å². The lowest BCUT2D eigenvalue weighted by molar-refractivity contribution is 0.354. The second kappa shape index (κ2) is 7.20. The summed E-state index contributed by atoms with van der Waals surface area (Å²) in [6.07, 6.45) is 7.87. The van der Waals surface area contributed by atoms with E-state index in [-0.39, 0.29) is 16.9 Å². The van der Waals surface area contributed by atoms with E-state index >= 15 is 0 Å². The van der Waals surface area contributed by atoms with Crippen LogP contribution in [0.15, 0.2) is 101 Å². The van der Waals surface area contributed by atoms with E-state index < -0.39 is 0 Å². The zero-order chi connectivity index (χ0) is 22.6. The van der Waals surface area contributed by atoms with Crippen LogP contribution < -0.4 is 9.80 Å². The van der Waals surface area contributed by atoms with Crippen molar-refractivity contribution < 1.29 is 10.2 Å². The van der Waals surface area contributed by atoms with E-state index in [4.69, 9.17) is 0 Å². The van der Waals surface area contributed by atoms with Crippen LogP contribution in [0.2, 0.25) is 0 Å². The number of aliphatic hydroxyl groups is 2. The number of hydrogen-bond donors (Lipinski definition) is 2. The van der Waals surface area contributed by atoms with Crippen molar-refractivity contribution in [3.63, 3.8) is 0 Å². The summed E-state index contributed by atoms with van der Waals surface area (Å²) >= 11 is 0. The molecule has 2 heterocycles. The van der Waals surface area contributed by atoms with Crippen LogP contribution >= 0.6 is 0 Å². The van der Waals surface area contributed by atoms with Gasteiger partial charge >= 0.3 is 0 Å². The summed E-state index contributed by atoms with van der Waals surface area (Å²) in [6, 6.07) is 16.6. The van der Waals surface area contributed by atoms with Crippen molar-refractivity contribution in [1.82, 2.24) is 0 Å². The Labute approximate surface area is 189 Å². The molecule has 0 spiro atoms. The third kappa shape index (κ3) is 2.83. The fraction of sp³-hybridized carbons (Fsp3) is 0.214. The molecule has 162 valence electrons. The minimum atomic E-state index is -0.220. The largest absolute Gasteiger partial charge is 0.506 e. The van der Waals surface area contributed by atoms with Gasteiger partial charge in [0.15, 0.2) is 0 Å². The van der Waals surface area contributed by atoms with Gasteiger partial charge in [-0.1, -0.05) is 56.3 Å². The number of hydrogen-bond acceptors (Lipinski definition) is 4. The molecule has 0 bridgehead atoms. The average molecular weight is 425 g/mol. The molecule has 0 amide bonds. The van der Waals surface area contributed by atoms with E-state index in [1.165, 1.54) is 5.56 Å². The van der Waals surface area contributed by atoms with Gasteiger partial charge in [0.25, 0.3) is 0 Å². The fourth-order valence-electron chi connectivity index (χ4n) is 5.03. The Hall–Kier alpha value is -3.66. The molecular weight excluding hydrogens is 396 g/mol. The molecule has 32 heavy (non-hydrogen) atoms. The highest BCUT2D eigenvalue weighted by molar-refractivity contribution is 5.78. The predicted molar refractivity (Wildman–Crippen MR) is 132 cm³/mol. The van der Waals surface area contributed by atoms with Gasteiger partial charge in [-0.05, 0) is 48.4 Å². The van der Waals surface area contributed by atoms with Crippen LogP contribution in [0.25, 0.3) is 6.08 Å². The summed E-state index contributed by atoms with van der Waals surface area (Å²) in [4.78, 5) is 4.32. The molecule has 2 aromatic rings. The van der Waals surface area contributed by atoms with Gasteiger partial charge in [0, 0.05) is 41.8 Å². The van der Waals surface area contributed by atoms with Crippen molar-refractivity contribution >= 4 is 17.5 Å². The number of benzene rings is 2. The van der Waals surface area contributed by atoms with Gasteiger partial charge in [0.05, 0.1) is 11.1 Å². The molecule has 5 rings (SSSR count). The normalized spacial score (nSPS) is 21.4. The molecule has 0 saturated carbocycles. The molecule has 0 radical (unpaired) electrons. The lowest BCUT2D eigenvalue weighted by Gasteiger charge is -2.31. The molecular formula is C28H28N2O2. The molecule has 0 saturated heterocycles. The van der Waals surface area contributed by atoms with Gasteiger partial charge < -0.3 is 20.0 Å². The summed E-state index contributed by atoms with van der Waals surface area (Å²) in [6.45, 7) is 7.23. The van der Waals surface area contributed by atoms with Crippen LogP contribution in [0.4, 0.5) is 11.4 Å². The Kier molecular flexibility index (Phi) is 4.55. The summed E-state index contributed by atoms with van der Waals surface area (Å²) in [7, 11) is 2.03. The van der Waals surface area contributed by atoms with Crippen LogP contribution in [-0.4, -0.2) is 23.8 Å². The molecule has 0 aromatic heterocycles. The van der Waals surface area contributed by atoms with Gasteiger partial charge in [-0.3, -0.25) is 0 Å². The van der Waals surface area contributed by atoms with Crippen molar-refractivity contribution in [1.29, 1.82) is 0 Å². The minimum Gasteiger partial charge on any atom is -0.506 e. The third-order valence-electron chi connectivity index (χ3n) is 6.82. The number of likely N-dealkylation sites (N-methyl/N-ethyl adjacent to an activating group) is 2. The lowest BCUT2D eigenvalue weighted by Crippen LogP contribution is -2.25. The first-order valence-electron chi connectivity index (χ1n) is 11.0. The molecule has 2 N–H and O–H groups in total. The second-order valence-corrected chi connectivity index (χ2v) is 8.96. The first-order valence-corrected chi connectivity index (χ1v) is 11.0. The van der Waals surface area contributed by atoms with Gasteiger partial charge in [0.2, 0.25) is 0 Å². The molecule has 2 aliphatic heterocycles. The topological polar surface area (TPSA) is 46.9 Å². The highest BCUT2D eigenvalue weighted by Crippen LogP contribution is 2.48. The highest BCUT2D eigenvalue weighted by Gasteiger charge is 2.39. The Morgan fingerprint density at radius 1 is 0.844 bits per heavy atom. The zero-order valence-corrected chi connectivity index (χ0v) is 18.9. The summed E-state index contributed by atoms with van der Waals surface area (Å²) in [5, 5.41) is 21.7.